The van der Waals surface area contributed by atoms with Gasteiger partial charge in [0.05, 0.1) is 12.2 Å². The number of hydrogen-bond acceptors (Lipinski definition) is 5. The Morgan fingerprint density at radius 2 is 1.85 bits per heavy atom. The summed E-state index contributed by atoms with van der Waals surface area (Å²) >= 11 is 0. The van der Waals surface area contributed by atoms with Crippen molar-refractivity contribution in [2.24, 2.45) is 5.92 Å². The first-order chi connectivity index (χ1) is 13.0. The number of rotatable bonds is 5. The van der Waals surface area contributed by atoms with Gasteiger partial charge in [-0.2, -0.15) is 0 Å². The highest BCUT2D eigenvalue weighted by Crippen LogP contribution is 2.20. The van der Waals surface area contributed by atoms with E-state index < -0.39 is 5.97 Å². The molecular formula is C20H22N2O5. The Kier molecular flexibility index (Phi) is 5.90. The van der Waals surface area contributed by atoms with Gasteiger partial charge in [0, 0.05) is 18.8 Å². The molecule has 3 rings (SSSR count). The van der Waals surface area contributed by atoms with E-state index in [1.165, 1.54) is 6.26 Å². The molecule has 142 valence electrons. The predicted molar refractivity (Wildman–Crippen MR) is 98.1 cm³/mol. The standard InChI is InChI=1S/C20H22N2O5/c1-14-4-6-16(7-5-14)21-18(23)13-27-20(25)15-8-10-22(11-9-15)19(24)17-3-2-12-26-17/h2-7,12,15H,8-11,13H2,1H3,(H,21,23). The van der Waals surface area contributed by atoms with Crippen molar-refractivity contribution in [3.05, 3.63) is 54.0 Å². The number of anilines is 1. The van der Waals surface area contributed by atoms with Crippen LogP contribution in [0.3, 0.4) is 0 Å². The van der Waals surface area contributed by atoms with Crippen molar-refractivity contribution in [1.29, 1.82) is 0 Å². The van der Waals surface area contributed by atoms with Gasteiger partial charge in [0.25, 0.3) is 11.8 Å². The van der Waals surface area contributed by atoms with Crippen LogP contribution in [0.4, 0.5) is 5.69 Å². The average Bonchev–Trinajstić information content (AvgIpc) is 3.22. The van der Waals surface area contributed by atoms with Crippen LogP contribution in [0.25, 0.3) is 0 Å². The molecule has 1 aromatic heterocycles. The van der Waals surface area contributed by atoms with E-state index in [0.717, 1.165) is 5.56 Å². The van der Waals surface area contributed by atoms with Gasteiger partial charge in [0.15, 0.2) is 12.4 Å². The molecule has 1 aliphatic heterocycles. The molecule has 1 fully saturated rings. The van der Waals surface area contributed by atoms with Crippen LogP contribution in [0.2, 0.25) is 0 Å². The Hall–Kier alpha value is -3.09. The molecule has 27 heavy (non-hydrogen) atoms. The molecule has 2 aromatic rings. The zero-order valence-electron chi connectivity index (χ0n) is 15.1. The van der Waals surface area contributed by atoms with E-state index in [4.69, 9.17) is 9.15 Å². The third-order valence-electron chi connectivity index (χ3n) is 4.53. The number of carbonyl (C=O) groups is 3. The summed E-state index contributed by atoms with van der Waals surface area (Å²) in [7, 11) is 0. The van der Waals surface area contributed by atoms with Crippen LogP contribution in [-0.2, 0) is 14.3 Å². The Bertz CT molecular complexity index is 790. The third-order valence-corrected chi connectivity index (χ3v) is 4.53. The van der Waals surface area contributed by atoms with Gasteiger partial charge in [-0.05, 0) is 44.0 Å². The molecule has 2 amide bonds. The van der Waals surface area contributed by atoms with E-state index in [1.807, 2.05) is 19.1 Å². The molecule has 1 aliphatic rings. The monoisotopic (exact) mass is 370 g/mol. The van der Waals surface area contributed by atoms with Gasteiger partial charge in [0.2, 0.25) is 0 Å². The molecule has 0 spiro atoms. The SMILES string of the molecule is Cc1ccc(NC(=O)COC(=O)C2CCN(C(=O)c3ccco3)CC2)cc1. The lowest BCUT2D eigenvalue weighted by Crippen LogP contribution is -2.40. The van der Waals surface area contributed by atoms with E-state index in [1.54, 1.807) is 29.2 Å². The number of aryl methyl sites for hydroxylation is 1. The highest BCUT2D eigenvalue weighted by molar-refractivity contribution is 5.93. The number of nitrogens with zero attached hydrogens (tertiary/aromatic N) is 1. The second-order valence-electron chi connectivity index (χ2n) is 6.57. The first-order valence-corrected chi connectivity index (χ1v) is 8.89. The molecule has 2 heterocycles. The van der Waals surface area contributed by atoms with Crippen molar-refractivity contribution in [2.45, 2.75) is 19.8 Å². The number of hydrogen-bond donors (Lipinski definition) is 1. The fourth-order valence-electron chi connectivity index (χ4n) is 2.96. The van der Waals surface area contributed by atoms with Gasteiger partial charge >= 0.3 is 5.97 Å². The molecule has 0 saturated carbocycles. The van der Waals surface area contributed by atoms with Crippen LogP contribution in [-0.4, -0.2) is 42.4 Å². The first-order valence-electron chi connectivity index (χ1n) is 8.89. The second-order valence-corrected chi connectivity index (χ2v) is 6.57. The van der Waals surface area contributed by atoms with Crippen LogP contribution in [0, 0.1) is 12.8 Å². The lowest BCUT2D eigenvalue weighted by atomic mass is 9.97. The molecular weight excluding hydrogens is 348 g/mol. The number of nitrogens with one attached hydrogen (secondary N) is 1. The zero-order valence-corrected chi connectivity index (χ0v) is 15.1. The summed E-state index contributed by atoms with van der Waals surface area (Å²) < 4.78 is 10.3. The van der Waals surface area contributed by atoms with E-state index in [2.05, 4.69) is 5.32 Å². The van der Waals surface area contributed by atoms with Gasteiger partial charge in [0.1, 0.15) is 0 Å². The highest BCUT2D eigenvalue weighted by atomic mass is 16.5. The Balaban J connectivity index is 1.41. The summed E-state index contributed by atoms with van der Waals surface area (Å²) in [6.07, 6.45) is 2.47. The zero-order chi connectivity index (χ0) is 19.2. The molecule has 0 aliphatic carbocycles. The normalized spacial score (nSPS) is 14.6. The van der Waals surface area contributed by atoms with Gasteiger partial charge in [-0.15, -0.1) is 0 Å². The molecule has 1 aromatic carbocycles. The number of ether oxygens (including phenoxy) is 1. The minimum absolute atomic E-state index is 0.177. The summed E-state index contributed by atoms with van der Waals surface area (Å²) in [6.45, 7) is 2.54. The fraction of sp³-hybridized carbons (Fsp3) is 0.350. The van der Waals surface area contributed by atoms with Crippen molar-refractivity contribution >= 4 is 23.5 Å². The predicted octanol–water partition coefficient (Wildman–Crippen LogP) is 2.62. The number of amides is 2. The highest BCUT2D eigenvalue weighted by Gasteiger charge is 2.29. The quantitative estimate of drug-likeness (QED) is 0.818. The topological polar surface area (TPSA) is 88.9 Å². The number of carbonyl (C=O) groups excluding carboxylic acids is 3. The average molecular weight is 370 g/mol. The molecule has 0 unspecified atom stereocenters. The minimum Gasteiger partial charge on any atom is -0.459 e. The molecule has 7 heteroatoms. The van der Waals surface area contributed by atoms with Gasteiger partial charge in [-0.25, -0.2) is 0 Å². The van der Waals surface area contributed by atoms with Crippen molar-refractivity contribution in [3.63, 3.8) is 0 Å². The number of likely N-dealkylation sites (tertiary alicyclic amines) is 1. The largest absolute Gasteiger partial charge is 0.459 e. The molecule has 0 radical (unpaired) electrons. The van der Waals surface area contributed by atoms with E-state index >= 15 is 0 Å². The number of benzene rings is 1. The fourth-order valence-corrected chi connectivity index (χ4v) is 2.96. The Morgan fingerprint density at radius 1 is 1.15 bits per heavy atom. The second kappa shape index (κ2) is 8.53. The smallest absolute Gasteiger partial charge is 0.309 e. The molecule has 7 nitrogen and oxygen atoms in total. The molecule has 1 saturated heterocycles. The summed E-state index contributed by atoms with van der Waals surface area (Å²) in [6, 6.07) is 10.6. The van der Waals surface area contributed by atoms with E-state index in [0.29, 0.717) is 37.4 Å². The maximum Gasteiger partial charge on any atom is 0.309 e. The number of esters is 1. The Morgan fingerprint density at radius 3 is 2.48 bits per heavy atom. The van der Waals surface area contributed by atoms with Gasteiger partial charge < -0.3 is 19.4 Å². The summed E-state index contributed by atoms with van der Waals surface area (Å²) in [4.78, 5) is 38.0. The van der Waals surface area contributed by atoms with Crippen LogP contribution in [0.15, 0.2) is 47.1 Å². The van der Waals surface area contributed by atoms with Crippen LogP contribution in [0.5, 0.6) is 0 Å². The van der Waals surface area contributed by atoms with Crippen molar-refractivity contribution in [3.8, 4) is 0 Å². The molecule has 1 N–H and O–H groups in total. The van der Waals surface area contributed by atoms with Crippen molar-refractivity contribution in [2.75, 3.05) is 25.0 Å². The Labute approximate surface area is 157 Å². The van der Waals surface area contributed by atoms with Crippen LogP contribution >= 0.6 is 0 Å². The number of piperidine rings is 1. The van der Waals surface area contributed by atoms with Gasteiger partial charge in [-0.1, -0.05) is 17.7 Å². The van der Waals surface area contributed by atoms with Gasteiger partial charge in [-0.3, -0.25) is 14.4 Å². The maximum atomic E-state index is 12.2. The molecule has 0 atom stereocenters. The summed E-state index contributed by atoms with van der Waals surface area (Å²) in [5.74, 6) is -0.970. The minimum atomic E-state index is -0.404. The summed E-state index contributed by atoms with van der Waals surface area (Å²) in [5, 5.41) is 2.69. The third kappa shape index (κ3) is 4.97. The maximum absolute atomic E-state index is 12.2. The summed E-state index contributed by atoms with van der Waals surface area (Å²) in [5.41, 5.74) is 1.75. The lowest BCUT2D eigenvalue weighted by Gasteiger charge is -2.30. The molecule has 0 bridgehead atoms. The first kappa shape index (κ1) is 18.7. The van der Waals surface area contributed by atoms with Crippen LogP contribution < -0.4 is 5.32 Å². The van der Waals surface area contributed by atoms with Crippen molar-refractivity contribution in [1.82, 2.24) is 4.90 Å². The van der Waals surface area contributed by atoms with Crippen molar-refractivity contribution < 1.29 is 23.5 Å². The van der Waals surface area contributed by atoms with E-state index in [9.17, 15) is 14.4 Å². The lowest BCUT2D eigenvalue weighted by molar-refractivity contribution is -0.152. The number of furan rings is 1. The van der Waals surface area contributed by atoms with E-state index in [-0.39, 0.29) is 24.3 Å². The van der Waals surface area contributed by atoms with Crippen LogP contribution in [0.1, 0.15) is 29.0 Å².